The van der Waals surface area contributed by atoms with Gasteiger partial charge in [0.1, 0.15) is 5.15 Å². The molecule has 102 valence electrons. The lowest BCUT2D eigenvalue weighted by atomic mass is 9.99. The molecule has 0 bridgehead atoms. The van der Waals surface area contributed by atoms with Crippen LogP contribution in [0.3, 0.4) is 0 Å². The molecule has 1 aromatic carbocycles. The van der Waals surface area contributed by atoms with Crippen molar-refractivity contribution in [3.8, 4) is 0 Å². The molecule has 0 aliphatic carbocycles. The predicted molar refractivity (Wildman–Crippen MR) is 75.1 cm³/mol. The molecule has 20 heavy (non-hydrogen) atoms. The van der Waals surface area contributed by atoms with Gasteiger partial charge in [-0.15, -0.1) is 0 Å². The highest BCUT2D eigenvalue weighted by molar-refractivity contribution is 6.29. The first-order valence-corrected chi connectivity index (χ1v) is 6.43. The Bertz CT molecular complexity index is 638. The molecule has 0 radical (unpaired) electrons. The SMILES string of the molecule is CCOC(=O)c1ccccc1C(=O)c1ccc(Cl)nc1. The number of benzene rings is 1. The van der Waals surface area contributed by atoms with E-state index in [1.807, 2.05) is 0 Å². The van der Waals surface area contributed by atoms with Crippen LogP contribution in [-0.4, -0.2) is 23.3 Å². The highest BCUT2D eigenvalue weighted by Crippen LogP contribution is 2.16. The molecule has 0 amide bonds. The number of carbonyl (C=O) groups excluding carboxylic acids is 2. The summed E-state index contributed by atoms with van der Waals surface area (Å²) in [5.74, 6) is -0.809. The molecule has 1 aromatic heterocycles. The number of nitrogens with zero attached hydrogens (tertiary/aromatic N) is 1. The van der Waals surface area contributed by atoms with Crippen molar-refractivity contribution in [3.63, 3.8) is 0 Å². The van der Waals surface area contributed by atoms with Gasteiger partial charge in [-0.05, 0) is 25.1 Å². The van der Waals surface area contributed by atoms with Crippen LogP contribution in [0.25, 0.3) is 0 Å². The lowest BCUT2D eigenvalue weighted by molar-refractivity contribution is 0.0523. The van der Waals surface area contributed by atoms with Crippen LogP contribution < -0.4 is 0 Å². The Morgan fingerprint density at radius 1 is 1.15 bits per heavy atom. The molecule has 0 atom stereocenters. The van der Waals surface area contributed by atoms with E-state index in [2.05, 4.69) is 4.98 Å². The number of pyridine rings is 1. The molecular formula is C15H12ClNO3. The van der Waals surface area contributed by atoms with Crippen molar-refractivity contribution in [1.82, 2.24) is 4.98 Å². The van der Waals surface area contributed by atoms with Gasteiger partial charge in [0.25, 0.3) is 0 Å². The third kappa shape index (κ3) is 3.03. The Labute approximate surface area is 121 Å². The second-order valence-corrected chi connectivity index (χ2v) is 4.35. The van der Waals surface area contributed by atoms with Crippen molar-refractivity contribution in [2.24, 2.45) is 0 Å². The zero-order chi connectivity index (χ0) is 14.5. The summed E-state index contributed by atoms with van der Waals surface area (Å²) in [5, 5.41) is 0.306. The molecule has 0 saturated carbocycles. The number of hydrogen-bond donors (Lipinski definition) is 0. The van der Waals surface area contributed by atoms with E-state index in [4.69, 9.17) is 16.3 Å². The molecule has 2 rings (SSSR count). The van der Waals surface area contributed by atoms with E-state index in [-0.39, 0.29) is 23.5 Å². The molecule has 0 fully saturated rings. The molecule has 5 heteroatoms. The van der Waals surface area contributed by atoms with Gasteiger partial charge in [0.05, 0.1) is 12.2 Å². The molecule has 2 aromatic rings. The number of carbonyl (C=O) groups is 2. The Balaban J connectivity index is 2.39. The Hall–Kier alpha value is -2.20. The van der Waals surface area contributed by atoms with Crippen LogP contribution in [0.4, 0.5) is 0 Å². The fourth-order valence-electron chi connectivity index (χ4n) is 1.73. The third-order valence-electron chi connectivity index (χ3n) is 2.66. The first kappa shape index (κ1) is 14.2. The number of ether oxygens (including phenoxy) is 1. The predicted octanol–water partition coefficient (Wildman–Crippen LogP) is 3.14. The second-order valence-electron chi connectivity index (χ2n) is 3.96. The van der Waals surface area contributed by atoms with Gasteiger partial charge in [-0.3, -0.25) is 4.79 Å². The van der Waals surface area contributed by atoms with Crippen molar-refractivity contribution in [1.29, 1.82) is 0 Å². The smallest absolute Gasteiger partial charge is 0.338 e. The Morgan fingerprint density at radius 3 is 2.45 bits per heavy atom. The highest BCUT2D eigenvalue weighted by atomic mass is 35.5. The number of rotatable bonds is 4. The standard InChI is InChI=1S/C15H12ClNO3/c1-2-20-15(19)12-6-4-3-5-11(12)14(18)10-7-8-13(16)17-9-10/h3-9H,2H2,1H3. The van der Waals surface area contributed by atoms with Crippen molar-refractivity contribution >= 4 is 23.4 Å². The van der Waals surface area contributed by atoms with Gasteiger partial charge < -0.3 is 4.74 Å². The van der Waals surface area contributed by atoms with Gasteiger partial charge in [-0.1, -0.05) is 29.8 Å². The van der Waals surface area contributed by atoms with E-state index >= 15 is 0 Å². The van der Waals surface area contributed by atoms with Crippen LogP contribution in [0.1, 0.15) is 33.2 Å². The third-order valence-corrected chi connectivity index (χ3v) is 2.88. The van der Waals surface area contributed by atoms with Crippen LogP contribution in [0.15, 0.2) is 42.6 Å². The number of aromatic nitrogens is 1. The average Bonchev–Trinajstić information content (AvgIpc) is 2.47. The van der Waals surface area contributed by atoms with Gasteiger partial charge in [-0.2, -0.15) is 0 Å². The minimum atomic E-state index is -0.515. The van der Waals surface area contributed by atoms with Gasteiger partial charge >= 0.3 is 5.97 Å². The number of esters is 1. The zero-order valence-corrected chi connectivity index (χ0v) is 11.6. The summed E-state index contributed by atoms with van der Waals surface area (Å²) < 4.78 is 4.95. The molecule has 4 nitrogen and oxygen atoms in total. The minimum Gasteiger partial charge on any atom is -0.462 e. The summed E-state index contributed by atoms with van der Waals surface area (Å²) in [5.41, 5.74) is 0.899. The minimum absolute atomic E-state index is 0.245. The van der Waals surface area contributed by atoms with E-state index < -0.39 is 5.97 Å². The molecule has 0 N–H and O–H groups in total. The summed E-state index contributed by atoms with van der Waals surface area (Å²) in [6, 6.07) is 9.63. The van der Waals surface area contributed by atoms with E-state index in [1.54, 1.807) is 37.3 Å². The van der Waals surface area contributed by atoms with Crippen LogP contribution in [0.5, 0.6) is 0 Å². The highest BCUT2D eigenvalue weighted by Gasteiger charge is 2.18. The largest absolute Gasteiger partial charge is 0.462 e. The summed E-state index contributed by atoms with van der Waals surface area (Å²) in [7, 11) is 0. The van der Waals surface area contributed by atoms with E-state index in [1.165, 1.54) is 12.3 Å². The summed E-state index contributed by atoms with van der Waals surface area (Å²) in [6.45, 7) is 1.97. The molecule has 0 aliphatic rings. The lowest BCUT2D eigenvalue weighted by Gasteiger charge is -2.07. The van der Waals surface area contributed by atoms with Crippen molar-refractivity contribution < 1.29 is 14.3 Å². The number of halogens is 1. The molecule has 1 heterocycles. The zero-order valence-electron chi connectivity index (χ0n) is 10.8. The lowest BCUT2D eigenvalue weighted by Crippen LogP contribution is -2.12. The van der Waals surface area contributed by atoms with Gasteiger partial charge in [0, 0.05) is 17.3 Å². The fourth-order valence-corrected chi connectivity index (χ4v) is 1.85. The van der Waals surface area contributed by atoms with Crippen molar-refractivity contribution in [3.05, 3.63) is 64.4 Å². The second kappa shape index (κ2) is 6.30. The van der Waals surface area contributed by atoms with Crippen LogP contribution in [0.2, 0.25) is 5.15 Å². The fraction of sp³-hybridized carbons (Fsp3) is 0.133. The quantitative estimate of drug-likeness (QED) is 0.493. The summed E-state index contributed by atoms with van der Waals surface area (Å²) >= 11 is 5.69. The molecule has 0 aliphatic heterocycles. The maximum Gasteiger partial charge on any atom is 0.338 e. The molecular weight excluding hydrogens is 278 g/mol. The van der Waals surface area contributed by atoms with Gasteiger partial charge in [-0.25, -0.2) is 9.78 Å². The van der Waals surface area contributed by atoms with Crippen LogP contribution in [-0.2, 0) is 4.74 Å². The van der Waals surface area contributed by atoms with E-state index in [9.17, 15) is 9.59 Å². The Kier molecular flexibility index (Phi) is 4.48. The first-order valence-electron chi connectivity index (χ1n) is 6.06. The summed E-state index contributed by atoms with van der Waals surface area (Å²) in [6.07, 6.45) is 1.38. The van der Waals surface area contributed by atoms with E-state index in [0.29, 0.717) is 10.7 Å². The van der Waals surface area contributed by atoms with Crippen LogP contribution >= 0.6 is 11.6 Å². The van der Waals surface area contributed by atoms with Crippen molar-refractivity contribution in [2.75, 3.05) is 6.61 Å². The van der Waals surface area contributed by atoms with Gasteiger partial charge in [0.15, 0.2) is 5.78 Å². The maximum absolute atomic E-state index is 12.4. The summed E-state index contributed by atoms with van der Waals surface area (Å²) in [4.78, 5) is 28.1. The van der Waals surface area contributed by atoms with Gasteiger partial charge in [0.2, 0.25) is 0 Å². The number of hydrogen-bond acceptors (Lipinski definition) is 4. The Morgan fingerprint density at radius 2 is 1.85 bits per heavy atom. The topological polar surface area (TPSA) is 56.3 Å². The van der Waals surface area contributed by atoms with Crippen LogP contribution in [0, 0.1) is 0 Å². The van der Waals surface area contributed by atoms with E-state index in [0.717, 1.165) is 0 Å². The molecule has 0 spiro atoms. The maximum atomic E-state index is 12.4. The normalized spacial score (nSPS) is 10.1. The number of ketones is 1. The first-order chi connectivity index (χ1) is 9.63. The monoisotopic (exact) mass is 289 g/mol. The molecule has 0 unspecified atom stereocenters. The average molecular weight is 290 g/mol. The molecule has 0 saturated heterocycles. The van der Waals surface area contributed by atoms with Crippen molar-refractivity contribution in [2.45, 2.75) is 6.92 Å².